The molecule has 0 saturated heterocycles. The number of hydrogen-bond donors (Lipinski definition) is 0. The van der Waals surface area contributed by atoms with E-state index in [1.54, 1.807) is 26.1 Å². The zero-order valence-electron chi connectivity index (χ0n) is 9.34. The van der Waals surface area contributed by atoms with E-state index in [9.17, 15) is 8.42 Å². The highest BCUT2D eigenvalue weighted by atomic mass is 35.5. The number of rotatable bonds is 1. The van der Waals surface area contributed by atoms with Crippen LogP contribution >= 0.6 is 23.5 Å². The minimum Gasteiger partial charge on any atom is -0.280 e. The van der Waals surface area contributed by atoms with Gasteiger partial charge in [-0.25, -0.2) is 8.42 Å². The van der Waals surface area contributed by atoms with Crippen LogP contribution in [-0.4, -0.2) is 30.8 Å². The maximum atomic E-state index is 12.2. The topological polar surface area (TPSA) is 49.7 Å². The van der Waals surface area contributed by atoms with Crippen molar-refractivity contribution < 1.29 is 8.42 Å². The van der Waals surface area contributed by atoms with Crippen LogP contribution in [0.25, 0.3) is 0 Å². The van der Waals surface area contributed by atoms with Crippen molar-refractivity contribution in [2.24, 2.45) is 4.99 Å². The van der Waals surface area contributed by atoms with Gasteiger partial charge in [-0.1, -0.05) is 18.5 Å². The Morgan fingerprint density at radius 1 is 1.47 bits per heavy atom. The highest BCUT2D eigenvalue weighted by Crippen LogP contribution is 2.36. The van der Waals surface area contributed by atoms with Crippen molar-refractivity contribution >= 4 is 38.6 Å². The van der Waals surface area contributed by atoms with Gasteiger partial charge in [0.2, 0.25) is 0 Å². The molecule has 0 atom stereocenters. The second kappa shape index (κ2) is 4.61. The molecule has 1 aliphatic heterocycles. The Morgan fingerprint density at radius 3 is 2.76 bits per heavy atom. The maximum absolute atomic E-state index is 12.2. The van der Waals surface area contributed by atoms with Gasteiger partial charge in [-0.3, -0.25) is 4.99 Å². The van der Waals surface area contributed by atoms with E-state index in [1.807, 2.05) is 0 Å². The standard InChI is InChI=1S/C10H11ClN2O2S2/c1-3-13-16-10(12-2)8-6-7(11)4-5-9(8)17(13,14)15/h4-6H,3H2,1-2H3. The van der Waals surface area contributed by atoms with Gasteiger partial charge in [0.05, 0.1) is 4.90 Å². The molecule has 1 aromatic rings. The quantitative estimate of drug-likeness (QED) is 0.746. The van der Waals surface area contributed by atoms with Gasteiger partial charge in [0.25, 0.3) is 10.0 Å². The second-order valence-corrected chi connectivity index (χ2v) is 6.89. The van der Waals surface area contributed by atoms with E-state index < -0.39 is 10.0 Å². The van der Waals surface area contributed by atoms with Crippen LogP contribution in [-0.2, 0) is 10.0 Å². The Kier molecular flexibility index (Phi) is 3.49. The van der Waals surface area contributed by atoms with Gasteiger partial charge in [-0.2, -0.15) is 0 Å². The minimum atomic E-state index is -3.44. The third kappa shape index (κ3) is 2.10. The van der Waals surface area contributed by atoms with Gasteiger partial charge in [-0.15, -0.1) is 3.71 Å². The molecule has 1 heterocycles. The van der Waals surface area contributed by atoms with Gasteiger partial charge in [0.1, 0.15) is 5.04 Å². The summed E-state index contributed by atoms with van der Waals surface area (Å²) in [6.45, 7) is 2.19. The lowest BCUT2D eigenvalue weighted by Crippen LogP contribution is -2.31. The molecule has 7 heteroatoms. The molecule has 1 aromatic carbocycles. The Morgan fingerprint density at radius 2 is 2.18 bits per heavy atom. The first-order chi connectivity index (χ1) is 8.00. The average molecular weight is 291 g/mol. The largest absolute Gasteiger partial charge is 0.280 e. The summed E-state index contributed by atoms with van der Waals surface area (Å²) in [4.78, 5) is 4.38. The van der Waals surface area contributed by atoms with Gasteiger partial charge >= 0.3 is 0 Å². The first-order valence-electron chi connectivity index (χ1n) is 4.98. The van der Waals surface area contributed by atoms with Gasteiger partial charge < -0.3 is 0 Å². The van der Waals surface area contributed by atoms with Crippen LogP contribution in [0.3, 0.4) is 0 Å². The smallest absolute Gasteiger partial charge is 0.253 e. The van der Waals surface area contributed by atoms with E-state index in [4.69, 9.17) is 11.6 Å². The van der Waals surface area contributed by atoms with Crippen LogP contribution in [0.4, 0.5) is 0 Å². The SMILES string of the molecule is CCN1SC(=NC)c2cc(Cl)ccc2S1(=O)=O. The van der Waals surface area contributed by atoms with Crippen molar-refractivity contribution in [2.45, 2.75) is 11.8 Å². The van der Waals surface area contributed by atoms with Crippen molar-refractivity contribution in [3.05, 3.63) is 28.8 Å². The number of hydrogen-bond acceptors (Lipinski definition) is 4. The lowest BCUT2D eigenvalue weighted by molar-refractivity contribution is 0.549. The van der Waals surface area contributed by atoms with Crippen LogP contribution in [0.5, 0.6) is 0 Å². The molecule has 0 N–H and O–H groups in total. The molecule has 0 radical (unpaired) electrons. The summed E-state index contributed by atoms with van der Waals surface area (Å²) in [5.74, 6) is 0. The third-order valence-corrected chi connectivity index (χ3v) is 6.16. The normalized spacial score (nSPS) is 21.5. The fourth-order valence-electron chi connectivity index (χ4n) is 1.59. The fraction of sp³-hybridized carbons (Fsp3) is 0.300. The number of aliphatic imine (C=N–C) groups is 1. The summed E-state index contributed by atoms with van der Waals surface area (Å²) in [6, 6.07) is 4.74. The summed E-state index contributed by atoms with van der Waals surface area (Å²) in [6.07, 6.45) is 0. The monoisotopic (exact) mass is 290 g/mol. The summed E-state index contributed by atoms with van der Waals surface area (Å²) in [7, 11) is -1.80. The fourth-order valence-corrected chi connectivity index (χ4v) is 4.58. The molecule has 0 amide bonds. The number of benzene rings is 1. The Balaban J connectivity index is 2.72. The van der Waals surface area contributed by atoms with Gasteiger partial charge in [0, 0.05) is 24.2 Å². The van der Waals surface area contributed by atoms with Crippen LogP contribution in [0.15, 0.2) is 28.1 Å². The van der Waals surface area contributed by atoms with E-state index in [-0.39, 0.29) is 4.90 Å². The molecule has 92 valence electrons. The molecule has 0 fully saturated rings. The van der Waals surface area contributed by atoms with E-state index >= 15 is 0 Å². The lowest BCUT2D eigenvalue weighted by atomic mass is 10.2. The molecule has 0 aliphatic carbocycles. The van der Waals surface area contributed by atoms with E-state index in [1.165, 1.54) is 9.78 Å². The van der Waals surface area contributed by atoms with Crippen molar-refractivity contribution in [1.29, 1.82) is 0 Å². The van der Waals surface area contributed by atoms with Crippen molar-refractivity contribution in [3.63, 3.8) is 0 Å². The van der Waals surface area contributed by atoms with Crippen molar-refractivity contribution in [1.82, 2.24) is 3.71 Å². The number of sulfonamides is 1. The highest BCUT2D eigenvalue weighted by Gasteiger charge is 2.34. The molecule has 0 saturated carbocycles. The zero-order chi connectivity index (χ0) is 12.6. The Labute approximate surface area is 110 Å². The summed E-state index contributed by atoms with van der Waals surface area (Å²) >= 11 is 7.02. The van der Waals surface area contributed by atoms with Crippen LogP contribution < -0.4 is 0 Å². The molecule has 0 spiro atoms. The van der Waals surface area contributed by atoms with E-state index in [2.05, 4.69) is 4.99 Å². The van der Waals surface area contributed by atoms with Crippen LogP contribution in [0.1, 0.15) is 12.5 Å². The Hall–Kier alpha value is -0.560. The van der Waals surface area contributed by atoms with E-state index in [0.29, 0.717) is 22.2 Å². The molecular formula is C10H11ClN2O2S2. The molecule has 1 aliphatic rings. The summed E-state index contributed by atoms with van der Waals surface area (Å²) in [5, 5.41) is 1.17. The molecular weight excluding hydrogens is 280 g/mol. The maximum Gasteiger partial charge on any atom is 0.253 e. The van der Waals surface area contributed by atoms with Crippen LogP contribution in [0.2, 0.25) is 5.02 Å². The molecule has 4 nitrogen and oxygen atoms in total. The van der Waals surface area contributed by atoms with Crippen molar-refractivity contribution in [3.8, 4) is 0 Å². The van der Waals surface area contributed by atoms with Crippen molar-refractivity contribution in [2.75, 3.05) is 13.6 Å². The first kappa shape index (κ1) is 12.9. The van der Waals surface area contributed by atoms with E-state index in [0.717, 1.165) is 11.9 Å². The first-order valence-corrected chi connectivity index (χ1v) is 7.57. The second-order valence-electron chi connectivity index (χ2n) is 3.38. The predicted octanol–water partition coefficient (Wildman–Crippen LogP) is 2.39. The predicted molar refractivity (Wildman–Crippen MR) is 71.1 cm³/mol. The molecule has 0 unspecified atom stereocenters. The number of halogens is 1. The minimum absolute atomic E-state index is 0.267. The summed E-state index contributed by atoms with van der Waals surface area (Å²) < 4.78 is 25.8. The number of nitrogens with zero attached hydrogens (tertiary/aromatic N) is 2. The highest BCUT2D eigenvalue weighted by molar-refractivity contribution is 8.19. The lowest BCUT2D eigenvalue weighted by Gasteiger charge is -2.26. The Bertz CT molecular complexity index is 584. The zero-order valence-corrected chi connectivity index (χ0v) is 11.7. The molecule has 17 heavy (non-hydrogen) atoms. The van der Waals surface area contributed by atoms with Gasteiger partial charge in [0.15, 0.2) is 0 Å². The number of fused-ring (bicyclic) bond motifs is 1. The molecule has 0 aromatic heterocycles. The molecule has 0 bridgehead atoms. The third-order valence-electron chi connectivity index (χ3n) is 2.37. The summed E-state index contributed by atoms with van der Waals surface area (Å²) in [5.41, 5.74) is 0.578. The van der Waals surface area contributed by atoms with Crippen LogP contribution in [0, 0.1) is 0 Å². The average Bonchev–Trinajstić information content (AvgIpc) is 2.29. The van der Waals surface area contributed by atoms with Gasteiger partial charge in [-0.05, 0) is 30.1 Å². The molecule has 2 rings (SSSR count).